The van der Waals surface area contributed by atoms with Gasteiger partial charge >= 0.3 is 0 Å². The fourth-order valence-corrected chi connectivity index (χ4v) is 10.2. The summed E-state index contributed by atoms with van der Waals surface area (Å²) in [6.45, 7) is 0. The van der Waals surface area contributed by atoms with Gasteiger partial charge in [0.2, 0.25) is 28.4 Å². The summed E-state index contributed by atoms with van der Waals surface area (Å²) in [4.78, 5) is 0. The average Bonchev–Trinajstić information content (AvgIpc) is 3.84. The van der Waals surface area contributed by atoms with Crippen molar-refractivity contribution in [2.24, 2.45) is 0 Å². The number of phenols is 9. The minimum atomic E-state index is -1.08. The molecule has 0 amide bonds. The summed E-state index contributed by atoms with van der Waals surface area (Å²) in [5.41, 5.74) is -0.436. The molecule has 12 aromatic rings. The summed E-state index contributed by atoms with van der Waals surface area (Å²) >= 11 is 1.60. The third kappa shape index (κ3) is 3.81. The summed E-state index contributed by atoms with van der Waals surface area (Å²) in [5.74, 6) is -7.06. The van der Waals surface area contributed by atoms with Crippen LogP contribution in [0.3, 0.4) is 0 Å². The molecule has 0 spiro atoms. The van der Waals surface area contributed by atoms with Gasteiger partial charge in [0, 0.05) is 42.2 Å². The van der Waals surface area contributed by atoms with E-state index in [4.69, 9.17) is 18.3 Å². The highest BCUT2D eigenvalue weighted by Gasteiger charge is 2.36. The number of thiophene rings is 1. The molecule has 0 radical (unpaired) electrons. The van der Waals surface area contributed by atoms with Crippen LogP contribution in [0.5, 0.6) is 51.7 Å². The van der Waals surface area contributed by atoms with Crippen LogP contribution in [-0.2, 0) is 0 Å². The first kappa shape index (κ1) is 34.0. The molecule has 9 N–H and O–H groups in total. The first-order valence-corrected chi connectivity index (χ1v) is 19.1. The molecule has 7 aromatic carbocycles. The zero-order valence-corrected chi connectivity index (χ0v) is 31.6. The maximum atomic E-state index is 12.8. The van der Waals surface area contributed by atoms with Crippen LogP contribution in [0.1, 0.15) is 0 Å². The van der Waals surface area contributed by atoms with Crippen LogP contribution in [0.25, 0.3) is 108 Å². The molecular formula is C42H24B2N2O13S. The van der Waals surface area contributed by atoms with E-state index in [1.54, 1.807) is 15.9 Å². The molecule has 0 unspecified atom stereocenters. The van der Waals surface area contributed by atoms with Gasteiger partial charge in [-0.1, -0.05) is 48.5 Å². The number of hydrogen-bond acceptors (Lipinski definition) is 14. The Kier molecular flexibility index (Phi) is 6.28. The van der Waals surface area contributed by atoms with E-state index < -0.39 is 74.1 Å². The van der Waals surface area contributed by atoms with Crippen LogP contribution >= 0.6 is 11.3 Å². The Bertz CT molecular complexity index is 3980. The molecule has 292 valence electrons. The molecule has 15 nitrogen and oxygen atoms in total. The van der Waals surface area contributed by atoms with Gasteiger partial charge in [0.25, 0.3) is 11.2 Å². The molecule has 5 aromatic heterocycles. The zero-order valence-electron chi connectivity index (χ0n) is 30.8. The lowest BCUT2D eigenvalue weighted by molar-refractivity contribution is 0.0835. The number of aromatic hydroxyl groups is 9. The van der Waals surface area contributed by atoms with Crippen molar-refractivity contribution in [2.45, 2.75) is 0 Å². The topological polar surface area (TPSA) is 244 Å². The molecule has 0 bridgehead atoms. The number of aromatic nitrogens is 2. The first-order chi connectivity index (χ1) is 28.9. The summed E-state index contributed by atoms with van der Waals surface area (Å²) in [6.07, 6.45) is 0. The lowest BCUT2D eigenvalue weighted by atomic mass is 9.89. The normalized spacial score (nSPS) is 12.4. The van der Waals surface area contributed by atoms with Gasteiger partial charge < -0.3 is 50.5 Å². The van der Waals surface area contributed by atoms with Gasteiger partial charge in [-0.2, -0.15) is 0 Å². The number of phenolic OH excluding ortho intramolecular Hbond substituents is 9. The summed E-state index contributed by atoms with van der Waals surface area (Å²) in [5, 5.41) is 106. The molecule has 12 rings (SSSR count). The number of benzene rings is 7. The fraction of sp³-hybridized carbons (Fsp3) is 0. The van der Waals surface area contributed by atoms with Gasteiger partial charge in [-0.3, -0.25) is 22.7 Å². The highest BCUT2D eigenvalue weighted by molar-refractivity contribution is 7.26. The molecule has 0 fully saturated rings. The van der Waals surface area contributed by atoms with Gasteiger partial charge in [-0.05, 0) is 34.7 Å². The van der Waals surface area contributed by atoms with E-state index in [0.717, 1.165) is 31.3 Å². The lowest BCUT2D eigenvalue weighted by Crippen LogP contribution is -2.10. The van der Waals surface area contributed by atoms with Crippen molar-refractivity contribution in [2.75, 3.05) is 0 Å². The third-order valence-corrected chi connectivity index (χ3v) is 13.0. The Morgan fingerprint density at radius 2 is 1.02 bits per heavy atom. The molecule has 0 saturated heterocycles. The number of nitrogens with zero attached hydrogens (tertiary/aromatic N) is 2. The summed E-state index contributed by atoms with van der Waals surface area (Å²) in [7, 11) is 2.93. The Hall–Kier alpha value is -8.11. The van der Waals surface area contributed by atoms with E-state index in [0.29, 0.717) is 5.69 Å². The quantitative estimate of drug-likeness (QED) is 0.0516. The van der Waals surface area contributed by atoms with Gasteiger partial charge in [0.1, 0.15) is 38.0 Å². The Morgan fingerprint density at radius 1 is 0.450 bits per heavy atom. The van der Waals surface area contributed by atoms with E-state index in [2.05, 4.69) is 0 Å². The molecular weight excluding hydrogens is 794 g/mol. The number of rotatable bonds is 2. The van der Waals surface area contributed by atoms with Crippen molar-refractivity contribution in [1.29, 1.82) is 0 Å². The number of hydrogen-bond donors (Lipinski definition) is 9. The average molecular weight is 818 g/mol. The minimum Gasteiger partial charge on any atom is -0.508 e. The maximum Gasteiger partial charge on any atom is 0.252 e. The van der Waals surface area contributed by atoms with Crippen molar-refractivity contribution in [1.82, 2.24) is 8.97 Å². The largest absolute Gasteiger partial charge is 0.508 e. The predicted octanol–water partition coefficient (Wildman–Crippen LogP) is 6.49. The summed E-state index contributed by atoms with van der Waals surface area (Å²) < 4.78 is 27.4. The SMILES string of the molecule is Bc1c(O)c2ooc3c(O)c(O)c(O)c4ooc5c(O)c6c(c7c(O)c(O)c(O)c(B)c7n6-c6cc(-c7ccccc7)c7sc8ccccc8c7c6)c6c(c1O)c2n(c34)c56. The first-order valence-electron chi connectivity index (χ1n) is 18.3. The lowest BCUT2D eigenvalue weighted by Gasteiger charge is -2.15. The van der Waals surface area contributed by atoms with E-state index in [1.807, 2.05) is 66.7 Å². The van der Waals surface area contributed by atoms with Crippen LogP contribution in [0.2, 0.25) is 0 Å². The van der Waals surface area contributed by atoms with Gasteiger partial charge in [0.15, 0.2) is 34.3 Å². The van der Waals surface area contributed by atoms with Gasteiger partial charge in [-0.25, -0.2) is 0 Å². The summed E-state index contributed by atoms with van der Waals surface area (Å²) in [6, 6.07) is 21.4. The second-order valence-electron chi connectivity index (χ2n) is 14.8. The minimum absolute atomic E-state index is 0.0195. The molecule has 0 aliphatic heterocycles. The smallest absolute Gasteiger partial charge is 0.252 e. The van der Waals surface area contributed by atoms with Crippen molar-refractivity contribution in [3.8, 4) is 68.6 Å². The van der Waals surface area contributed by atoms with E-state index in [1.165, 1.54) is 20.1 Å². The molecule has 0 atom stereocenters. The van der Waals surface area contributed by atoms with Crippen LogP contribution in [0.15, 0.2) is 85.0 Å². The van der Waals surface area contributed by atoms with Crippen molar-refractivity contribution < 1.29 is 64.3 Å². The predicted molar refractivity (Wildman–Crippen MR) is 229 cm³/mol. The molecule has 5 heterocycles. The highest BCUT2D eigenvalue weighted by atomic mass is 32.1. The third-order valence-electron chi connectivity index (χ3n) is 11.8. The van der Waals surface area contributed by atoms with Crippen LogP contribution in [0.4, 0.5) is 0 Å². The molecule has 60 heavy (non-hydrogen) atoms. The van der Waals surface area contributed by atoms with Crippen molar-refractivity contribution >= 4 is 130 Å². The fourth-order valence-electron chi connectivity index (χ4n) is 9.02. The van der Waals surface area contributed by atoms with Crippen LogP contribution in [0, 0.1) is 0 Å². The number of fused-ring (bicyclic) bond motifs is 8. The second kappa shape index (κ2) is 11.1. The molecule has 0 aliphatic carbocycles. The van der Waals surface area contributed by atoms with Gasteiger partial charge in [0.05, 0.1) is 16.3 Å². The molecule has 0 aliphatic rings. The Labute approximate surface area is 337 Å². The van der Waals surface area contributed by atoms with E-state index in [-0.39, 0.29) is 60.1 Å². The zero-order chi connectivity index (χ0) is 41.4. The maximum absolute atomic E-state index is 12.8. The Balaban J connectivity index is 1.43. The second-order valence-corrected chi connectivity index (χ2v) is 15.8. The standard InChI is InChI=1S/C42H24B2N2O13S/c43-22-24-20(30(48)34(52)31(22)49)18-19-21-27-38(32(50)23(44)29(21)47)56-58-40-28-41(37(55)35(53)36(40)54)59-57-39(26(19)46(27)28)33(51)25(18)45(24)13-10-15(12-6-2-1-3-7-12)42-16(11-13)14-8-4-5-9-17(14)60-42/h1-11,47-55H,43-44H2. The van der Waals surface area contributed by atoms with E-state index >= 15 is 0 Å². The van der Waals surface area contributed by atoms with Crippen LogP contribution < -0.4 is 10.9 Å². The van der Waals surface area contributed by atoms with Crippen LogP contribution in [-0.4, -0.2) is 70.6 Å². The molecule has 18 heteroatoms. The highest BCUT2D eigenvalue weighted by Crippen LogP contribution is 2.57. The van der Waals surface area contributed by atoms with Gasteiger partial charge in [-0.15, -0.1) is 11.3 Å². The monoisotopic (exact) mass is 818 g/mol. The van der Waals surface area contributed by atoms with Crippen molar-refractivity contribution in [3.05, 3.63) is 66.7 Å². The van der Waals surface area contributed by atoms with Crippen molar-refractivity contribution in [3.63, 3.8) is 0 Å². The Morgan fingerprint density at radius 3 is 1.72 bits per heavy atom. The molecule has 0 saturated carbocycles. The van der Waals surface area contributed by atoms with E-state index in [9.17, 15) is 46.0 Å².